The summed E-state index contributed by atoms with van der Waals surface area (Å²) in [5, 5.41) is 0. The van der Waals surface area contributed by atoms with Gasteiger partial charge in [-0.05, 0) is 30.4 Å². The molecule has 0 aliphatic rings. The number of hydrogen-bond donors (Lipinski definition) is 0. The van der Waals surface area contributed by atoms with Crippen molar-refractivity contribution in [3.05, 3.63) is 47.5 Å². The van der Waals surface area contributed by atoms with Gasteiger partial charge in [0, 0.05) is 17.7 Å². The Hall–Kier alpha value is -3.81. The van der Waals surface area contributed by atoms with Crippen LogP contribution in [0.25, 0.3) is 12.2 Å². The van der Waals surface area contributed by atoms with Crippen molar-refractivity contribution in [3.63, 3.8) is 0 Å². The molecule has 32 heavy (non-hydrogen) atoms. The van der Waals surface area contributed by atoms with Crippen molar-refractivity contribution >= 4 is 18.1 Å². The predicted octanol–water partition coefficient (Wildman–Crippen LogP) is 4.01. The smallest absolute Gasteiger partial charge is 0.331 e. The van der Waals surface area contributed by atoms with Gasteiger partial charge in [0.25, 0.3) is 0 Å². The van der Waals surface area contributed by atoms with E-state index in [1.54, 1.807) is 63.8 Å². The highest BCUT2D eigenvalue weighted by Crippen LogP contribution is 2.38. The molecule has 2 aromatic rings. The van der Waals surface area contributed by atoms with Crippen LogP contribution in [0.4, 0.5) is 0 Å². The standard InChI is InChI=1S/C24H28O8/c1-26-18-10-11-19(27-2)24(31-6)17(18)9-12-23(25)32-13-7-8-16-14-21(29-4)22(30-5)15-20(16)28-3/h7-12,14-15H,13H2,1-6H3/b8-7+,12-9+. The zero-order valence-corrected chi connectivity index (χ0v) is 19.1. The molecule has 0 bridgehead atoms. The average molecular weight is 444 g/mol. The molecule has 0 spiro atoms. The van der Waals surface area contributed by atoms with Crippen LogP contribution in [-0.2, 0) is 9.53 Å². The molecule has 2 aromatic carbocycles. The second kappa shape index (κ2) is 12.1. The number of hydrogen-bond acceptors (Lipinski definition) is 8. The molecule has 2 rings (SSSR count). The van der Waals surface area contributed by atoms with Crippen molar-refractivity contribution in [3.8, 4) is 34.5 Å². The summed E-state index contributed by atoms with van der Waals surface area (Å²) in [5.41, 5.74) is 1.32. The van der Waals surface area contributed by atoms with Crippen molar-refractivity contribution < 1.29 is 38.0 Å². The minimum absolute atomic E-state index is 0.0626. The second-order valence-corrected chi connectivity index (χ2v) is 6.23. The highest BCUT2D eigenvalue weighted by molar-refractivity contribution is 5.88. The lowest BCUT2D eigenvalue weighted by Crippen LogP contribution is -2.01. The summed E-state index contributed by atoms with van der Waals surface area (Å²) < 4.78 is 37.2. The van der Waals surface area contributed by atoms with Crippen LogP contribution < -0.4 is 28.4 Å². The molecule has 0 saturated heterocycles. The van der Waals surface area contributed by atoms with Gasteiger partial charge in [-0.25, -0.2) is 4.79 Å². The minimum atomic E-state index is -0.527. The highest BCUT2D eigenvalue weighted by Gasteiger charge is 2.14. The molecule has 0 aliphatic heterocycles. The molecule has 0 amide bonds. The van der Waals surface area contributed by atoms with Gasteiger partial charge in [-0.2, -0.15) is 0 Å². The normalized spacial score (nSPS) is 10.8. The van der Waals surface area contributed by atoms with Crippen LogP contribution >= 0.6 is 0 Å². The van der Waals surface area contributed by atoms with Gasteiger partial charge >= 0.3 is 5.97 Å². The summed E-state index contributed by atoms with van der Waals surface area (Å²) in [6.45, 7) is 0.0626. The Morgan fingerprint density at radius 3 is 1.91 bits per heavy atom. The van der Waals surface area contributed by atoms with E-state index in [4.69, 9.17) is 33.2 Å². The SMILES string of the molecule is COc1cc(OC)c(OC)cc1/C=C/COC(=O)/C=C/c1c(OC)ccc(OC)c1OC. The fourth-order valence-corrected chi connectivity index (χ4v) is 2.96. The molecule has 0 fully saturated rings. The molecular weight excluding hydrogens is 416 g/mol. The molecule has 8 heteroatoms. The number of rotatable bonds is 11. The number of benzene rings is 2. The van der Waals surface area contributed by atoms with E-state index in [2.05, 4.69) is 0 Å². The third-order valence-electron chi connectivity index (χ3n) is 4.51. The second-order valence-electron chi connectivity index (χ2n) is 6.23. The lowest BCUT2D eigenvalue weighted by atomic mass is 10.1. The number of carbonyl (C=O) groups excluding carboxylic acids is 1. The monoisotopic (exact) mass is 444 g/mol. The molecular formula is C24H28O8. The van der Waals surface area contributed by atoms with Crippen molar-refractivity contribution in [2.45, 2.75) is 0 Å². The molecule has 0 N–H and O–H groups in total. The fraction of sp³-hybridized carbons (Fsp3) is 0.292. The molecule has 172 valence electrons. The van der Waals surface area contributed by atoms with Gasteiger partial charge in [0.15, 0.2) is 23.0 Å². The highest BCUT2D eigenvalue weighted by atomic mass is 16.5. The topological polar surface area (TPSA) is 81.7 Å². The molecule has 8 nitrogen and oxygen atoms in total. The molecule has 0 unspecified atom stereocenters. The first-order valence-electron chi connectivity index (χ1n) is 9.63. The Bertz CT molecular complexity index is 978. The number of methoxy groups -OCH3 is 6. The summed E-state index contributed by atoms with van der Waals surface area (Å²) in [6.07, 6.45) is 6.32. The summed E-state index contributed by atoms with van der Waals surface area (Å²) in [4.78, 5) is 12.2. The minimum Gasteiger partial charge on any atom is -0.496 e. The van der Waals surface area contributed by atoms with Crippen molar-refractivity contribution in [1.29, 1.82) is 0 Å². The Balaban J connectivity index is 2.09. The maximum Gasteiger partial charge on any atom is 0.331 e. The van der Waals surface area contributed by atoms with E-state index >= 15 is 0 Å². The zero-order chi connectivity index (χ0) is 23.5. The first kappa shape index (κ1) is 24.5. The summed E-state index contributed by atoms with van der Waals surface area (Å²) in [6, 6.07) is 6.95. The van der Waals surface area contributed by atoms with Gasteiger partial charge in [-0.1, -0.05) is 6.08 Å². The average Bonchev–Trinajstić information content (AvgIpc) is 2.83. The Kier molecular flexibility index (Phi) is 9.28. The molecule has 0 aromatic heterocycles. The summed E-state index contributed by atoms with van der Waals surface area (Å²) in [5.74, 6) is 2.70. The molecule has 0 heterocycles. The maximum absolute atomic E-state index is 12.2. The first-order valence-corrected chi connectivity index (χ1v) is 9.63. The van der Waals surface area contributed by atoms with Crippen LogP contribution in [0.3, 0.4) is 0 Å². The first-order chi connectivity index (χ1) is 15.5. The van der Waals surface area contributed by atoms with E-state index in [1.807, 2.05) is 0 Å². The third-order valence-corrected chi connectivity index (χ3v) is 4.51. The van der Waals surface area contributed by atoms with Gasteiger partial charge in [0.05, 0.1) is 48.2 Å². The Morgan fingerprint density at radius 1 is 0.719 bits per heavy atom. The maximum atomic E-state index is 12.2. The lowest BCUT2D eigenvalue weighted by molar-refractivity contribution is -0.136. The van der Waals surface area contributed by atoms with Gasteiger partial charge in [0.1, 0.15) is 18.1 Å². The zero-order valence-electron chi connectivity index (χ0n) is 19.1. The van der Waals surface area contributed by atoms with Gasteiger partial charge in [-0.3, -0.25) is 0 Å². The Morgan fingerprint density at radius 2 is 1.31 bits per heavy atom. The van der Waals surface area contributed by atoms with E-state index in [1.165, 1.54) is 27.4 Å². The van der Waals surface area contributed by atoms with E-state index < -0.39 is 5.97 Å². The van der Waals surface area contributed by atoms with Crippen molar-refractivity contribution in [2.75, 3.05) is 49.3 Å². The van der Waals surface area contributed by atoms with E-state index in [0.717, 1.165) is 5.56 Å². The third kappa shape index (κ3) is 5.87. The van der Waals surface area contributed by atoms with Crippen molar-refractivity contribution in [1.82, 2.24) is 0 Å². The van der Waals surface area contributed by atoms with Crippen LogP contribution in [0, 0.1) is 0 Å². The molecule has 0 saturated carbocycles. The van der Waals surface area contributed by atoms with E-state index in [-0.39, 0.29) is 6.61 Å². The Labute approximate surface area is 187 Å². The number of esters is 1. The van der Waals surface area contributed by atoms with Crippen molar-refractivity contribution in [2.24, 2.45) is 0 Å². The quantitative estimate of drug-likeness (QED) is 0.380. The van der Waals surface area contributed by atoms with Gasteiger partial charge in [-0.15, -0.1) is 0 Å². The molecule has 0 radical (unpaired) electrons. The van der Waals surface area contributed by atoms with Gasteiger partial charge in [0.2, 0.25) is 0 Å². The molecule has 0 atom stereocenters. The number of ether oxygens (including phenoxy) is 7. The van der Waals surface area contributed by atoms with Crippen LogP contribution in [0.1, 0.15) is 11.1 Å². The van der Waals surface area contributed by atoms with Crippen LogP contribution in [0.15, 0.2) is 36.4 Å². The fourth-order valence-electron chi connectivity index (χ4n) is 2.96. The van der Waals surface area contributed by atoms with Gasteiger partial charge < -0.3 is 33.2 Å². The van der Waals surface area contributed by atoms with E-state index in [0.29, 0.717) is 40.1 Å². The van der Waals surface area contributed by atoms with Crippen LogP contribution in [-0.4, -0.2) is 55.2 Å². The predicted molar refractivity (Wildman–Crippen MR) is 121 cm³/mol. The largest absolute Gasteiger partial charge is 0.496 e. The summed E-state index contributed by atoms with van der Waals surface area (Å²) >= 11 is 0. The summed E-state index contributed by atoms with van der Waals surface area (Å²) in [7, 11) is 9.25. The number of carbonyl (C=O) groups is 1. The van der Waals surface area contributed by atoms with Crippen LogP contribution in [0.2, 0.25) is 0 Å². The molecule has 0 aliphatic carbocycles. The van der Waals surface area contributed by atoms with E-state index in [9.17, 15) is 4.79 Å². The lowest BCUT2D eigenvalue weighted by Gasteiger charge is -2.13. The van der Waals surface area contributed by atoms with Crippen LogP contribution in [0.5, 0.6) is 34.5 Å².